The maximum atomic E-state index is 13.6. The summed E-state index contributed by atoms with van der Waals surface area (Å²) in [5.74, 6) is -0.592. The predicted octanol–water partition coefficient (Wildman–Crippen LogP) is 5.56. The van der Waals surface area contributed by atoms with Crippen LogP contribution in [0.15, 0.2) is 78.1 Å². The van der Waals surface area contributed by atoms with Gasteiger partial charge in [-0.2, -0.15) is 9.30 Å². The summed E-state index contributed by atoms with van der Waals surface area (Å²) in [4.78, 5) is 15.2. The number of nitroso groups, excluding NO2 is 1. The SMILES string of the molecule is Cc1cnc(F)cc1C(CC(c1ccccc1)c1ccccc1)N=O. The molecule has 0 bridgehead atoms. The Labute approximate surface area is 146 Å². The van der Waals surface area contributed by atoms with Gasteiger partial charge in [0.15, 0.2) is 0 Å². The molecular formula is C21H19FN2O. The van der Waals surface area contributed by atoms with Crippen LogP contribution in [0.1, 0.15) is 40.6 Å². The lowest BCUT2D eigenvalue weighted by Crippen LogP contribution is -2.08. The van der Waals surface area contributed by atoms with Crippen molar-refractivity contribution in [2.45, 2.75) is 25.3 Å². The van der Waals surface area contributed by atoms with E-state index in [2.05, 4.69) is 10.2 Å². The second-order valence-electron chi connectivity index (χ2n) is 6.09. The van der Waals surface area contributed by atoms with Crippen LogP contribution >= 0.6 is 0 Å². The van der Waals surface area contributed by atoms with Gasteiger partial charge >= 0.3 is 0 Å². The van der Waals surface area contributed by atoms with Crippen molar-refractivity contribution in [2.75, 3.05) is 0 Å². The van der Waals surface area contributed by atoms with Gasteiger partial charge in [-0.15, -0.1) is 0 Å². The van der Waals surface area contributed by atoms with Crippen molar-refractivity contribution in [2.24, 2.45) is 5.18 Å². The molecule has 126 valence electrons. The molecule has 0 aliphatic heterocycles. The number of aryl methyl sites for hydroxylation is 1. The average molecular weight is 334 g/mol. The molecule has 4 heteroatoms. The first-order chi connectivity index (χ1) is 12.2. The van der Waals surface area contributed by atoms with Gasteiger partial charge in [-0.25, -0.2) is 4.98 Å². The van der Waals surface area contributed by atoms with Gasteiger partial charge in [0.2, 0.25) is 5.95 Å². The largest absolute Gasteiger partial charge is 0.228 e. The van der Waals surface area contributed by atoms with Crippen LogP contribution in [0.3, 0.4) is 0 Å². The molecule has 3 aromatic rings. The van der Waals surface area contributed by atoms with Crippen LogP contribution in [0, 0.1) is 17.8 Å². The zero-order valence-corrected chi connectivity index (χ0v) is 14.0. The van der Waals surface area contributed by atoms with E-state index in [4.69, 9.17) is 0 Å². The zero-order valence-electron chi connectivity index (χ0n) is 14.0. The van der Waals surface area contributed by atoms with Gasteiger partial charge < -0.3 is 0 Å². The van der Waals surface area contributed by atoms with Gasteiger partial charge in [0.05, 0.1) is 0 Å². The Hall–Kier alpha value is -2.88. The molecule has 3 nitrogen and oxygen atoms in total. The van der Waals surface area contributed by atoms with Crippen molar-refractivity contribution in [3.8, 4) is 0 Å². The van der Waals surface area contributed by atoms with E-state index in [0.29, 0.717) is 12.0 Å². The fourth-order valence-electron chi connectivity index (χ4n) is 3.16. The van der Waals surface area contributed by atoms with Crippen molar-refractivity contribution in [1.82, 2.24) is 4.98 Å². The lowest BCUT2D eigenvalue weighted by molar-refractivity contribution is 0.558. The molecule has 1 heterocycles. The fourth-order valence-corrected chi connectivity index (χ4v) is 3.16. The molecule has 0 radical (unpaired) electrons. The molecule has 1 unspecified atom stereocenters. The zero-order chi connectivity index (χ0) is 17.6. The summed E-state index contributed by atoms with van der Waals surface area (Å²) in [6.45, 7) is 1.82. The van der Waals surface area contributed by atoms with E-state index in [1.54, 1.807) is 0 Å². The maximum Gasteiger partial charge on any atom is 0.213 e. The molecule has 0 amide bonds. The number of pyridine rings is 1. The van der Waals surface area contributed by atoms with Crippen molar-refractivity contribution >= 4 is 0 Å². The number of nitrogens with zero attached hydrogens (tertiary/aromatic N) is 2. The normalized spacial score (nSPS) is 12.1. The second-order valence-corrected chi connectivity index (χ2v) is 6.09. The van der Waals surface area contributed by atoms with E-state index in [-0.39, 0.29) is 5.92 Å². The minimum atomic E-state index is -0.636. The summed E-state index contributed by atoms with van der Waals surface area (Å²) in [7, 11) is 0. The van der Waals surface area contributed by atoms with E-state index in [9.17, 15) is 9.30 Å². The van der Waals surface area contributed by atoms with Gasteiger partial charge in [-0.05, 0) is 41.7 Å². The summed E-state index contributed by atoms with van der Waals surface area (Å²) >= 11 is 0. The fraction of sp³-hybridized carbons (Fsp3) is 0.190. The van der Waals surface area contributed by atoms with E-state index < -0.39 is 12.0 Å². The van der Waals surface area contributed by atoms with Crippen LogP contribution in [0.2, 0.25) is 0 Å². The van der Waals surface area contributed by atoms with Crippen LogP contribution in [0.25, 0.3) is 0 Å². The van der Waals surface area contributed by atoms with Crippen LogP contribution < -0.4 is 0 Å². The average Bonchev–Trinajstić information content (AvgIpc) is 2.66. The molecule has 0 fully saturated rings. The van der Waals surface area contributed by atoms with E-state index in [0.717, 1.165) is 16.7 Å². The number of halogens is 1. The maximum absolute atomic E-state index is 13.6. The minimum Gasteiger partial charge on any atom is -0.228 e. The second kappa shape index (κ2) is 7.79. The molecule has 0 saturated carbocycles. The Balaban J connectivity index is 1.99. The number of benzene rings is 2. The lowest BCUT2D eigenvalue weighted by Gasteiger charge is -2.22. The third-order valence-corrected chi connectivity index (χ3v) is 4.46. The molecule has 0 aliphatic rings. The highest BCUT2D eigenvalue weighted by Gasteiger charge is 2.23. The van der Waals surface area contributed by atoms with Crippen LogP contribution in [0.5, 0.6) is 0 Å². The van der Waals surface area contributed by atoms with E-state index in [1.807, 2.05) is 67.6 Å². The molecule has 2 aromatic carbocycles. The van der Waals surface area contributed by atoms with Crippen molar-refractivity contribution in [3.63, 3.8) is 0 Å². The van der Waals surface area contributed by atoms with Crippen LogP contribution in [-0.2, 0) is 0 Å². The first kappa shape index (κ1) is 17.0. The van der Waals surface area contributed by atoms with Gasteiger partial charge in [0.1, 0.15) is 6.04 Å². The number of hydrogen-bond donors (Lipinski definition) is 0. The van der Waals surface area contributed by atoms with Crippen LogP contribution in [0.4, 0.5) is 4.39 Å². The lowest BCUT2D eigenvalue weighted by atomic mass is 9.84. The Morgan fingerprint density at radius 2 is 1.56 bits per heavy atom. The molecule has 0 spiro atoms. The van der Waals surface area contributed by atoms with Gasteiger partial charge in [0.25, 0.3) is 0 Å². The van der Waals surface area contributed by atoms with Crippen LogP contribution in [-0.4, -0.2) is 4.98 Å². The summed E-state index contributed by atoms with van der Waals surface area (Å²) < 4.78 is 13.6. The first-order valence-corrected chi connectivity index (χ1v) is 8.23. The smallest absolute Gasteiger partial charge is 0.213 e. The quantitative estimate of drug-likeness (QED) is 0.437. The predicted molar refractivity (Wildman–Crippen MR) is 96.8 cm³/mol. The third-order valence-electron chi connectivity index (χ3n) is 4.46. The van der Waals surface area contributed by atoms with Gasteiger partial charge in [0, 0.05) is 12.1 Å². The number of aromatic nitrogens is 1. The Morgan fingerprint density at radius 3 is 2.08 bits per heavy atom. The highest BCUT2D eigenvalue weighted by Crippen LogP contribution is 2.36. The molecule has 0 N–H and O–H groups in total. The summed E-state index contributed by atoms with van der Waals surface area (Å²) in [6, 6.07) is 20.7. The summed E-state index contributed by atoms with van der Waals surface area (Å²) in [6.07, 6.45) is 1.92. The van der Waals surface area contributed by atoms with Crippen molar-refractivity contribution in [3.05, 3.63) is 106 Å². The number of hydrogen-bond acceptors (Lipinski definition) is 3. The van der Waals surface area contributed by atoms with Gasteiger partial charge in [-0.3, -0.25) is 0 Å². The molecule has 1 aromatic heterocycles. The summed E-state index contributed by atoms with van der Waals surface area (Å²) in [5.41, 5.74) is 3.58. The Bertz CT molecular complexity index is 798. The topological polar surface area (TPSA) is 42.3 Å². The highest BCUT2D eigenvalue weighted by atomic mass is 19.1. The Morgan fingerprint density at radius 1 is 1.00 bits per heavy atom. The van der Waals surface area contributed by atoms with Gasteiger partial charge in [-0.1, -0.05) is 65.8 Å². The molecule has 3 rings (SSSR count). The molecule has 0 saturated heterocycles. The van der Waals surface area contributed by atoms with E-state index >= 15 is 0 Å². The monoisotopic (exact) mass is 334 g/mol. The molecular weight excluding hydrogens is 315 g/mol. The van der Waals surface area contributed by atoms with E-state index in [1.165, 1.54) is 12.3 Å². The third kappa shape index (κ3) is 3.97. The van der Waals surface area contributed by atoms with Crippen molar-refractivity contribution < 1.29 is 4.39 Å². The van der Waals surface area contributed by atoms with Crippen molar-refractivity contribution in [1.29, 1.82) is 0 Å². The Kier molecular flexibility index (Phi) is 5.29. The standard InChI is InChI=1S/C21H19FN2O/c1-15-14-23-21(22)13-18(15)20(24-25)12-19(16-8-4-2-5-9-16)17-10-6-3-7-11-17/h2-11,13-14,19-20H,12H2,1H3. The number of rotatable bonds is 6. The molecule has 1 atom stereocenters. The highest BCUT2D eigenvalue weighted by molar-refractivity contribution is 5.34. The first-order valence-electron chi connectivity index (χ1n) is 8.23. The molecule has 25 heavy (non-hydrogen) atoms. The summed E-state index contributed by atoms with van der Waals surface area (Å²) in [5, 5.41) is 3.31. The molecule has 0 aliphatic carbocycles. The minimum absolute atomic E-state index is 0.000673.